The second-order valence-corrected chi connectivity index (χ2v) is 13.7. The molecule has 1 aliphatic carbocycles. The molecule has 2 aromatic rings. The third-order valence-corrected chi connectivity index (χ3v) is 9.34. The Morgan fingerprint density at radius 2 is 1.58 bits per heavy atom. The summed E-state index contributed by atoms with van der Waals surface area (Å²) in [5.41, 5.74) is 2.62. The number of rotatable bonds is 21. The van der Waals surface area contributed by atoms with E-state index in [4.69, 9.17) is 21.1 Å². The number of unbranched alkanes of at least 4 members (excludes halogenated alkanes) is 3. The number of carbonyl (C=O) groups excluding carboxylic acids is 3. The number of halogens is 1. The lowest BCUT2D eigenvalue weighted by molar-refractivity contribution is -0.384. The lowest BCUT2D eigenvalue weighted by atomic mass is 9.85. The Kier molecular flexibility index (Phi) is 16.9. The van der Waals surface area contributed by atoms with Gasteiger partial charge in [-0.25, -0.2) is 4.99 Å². The monoisotopic (exact) mass is 750 g/mol. The van der Waals surface area contributed by atoms with E-state index in [2.05, 4.69) is 15.6 Å². The molecule has 3 amide bonds. The summed E-state index contributed by atoms with van der Waals surface area (Å²) >= 11 is 5.68. The number of nitro groups is 1. The molecule has 0 bridgehead atoms. The molecule has 0 atom stereocenters. The average molecular weight is 751 g/mol. The molecule has 1 saturated carbocycles. The van der Waals surface area contributed by atoms with Crippen LogP contribution in [0.4, 0.5) is 11.4 Å². The first kappa shape index (κ1) is 41.2. The predicted molar refractivity (Wildman–Crippen MR) is 208 cm³/mol. The second-order valence-electron chi connectivity index (χ2n) is 13.3. The third kappa shape index (κ3) is 13.7. The number of non-ortho nitro benzene ring substituents is 1. The number of carbonyl (C=O) groups is 3. The summed E-state index contributed by atoms with van der Waals surface area (Å²) in [6.07, 6.45) is 11.9. The van der Waals surface area contributed by atoms with Gasteiger partial charge in [0, 0.05) is 62.9 Å². The van der Waals surface area contributed by atoms with Gasteiger partial charge in [0.15, 0.2) is 0 Å². The summed E-state index contributed by atoms with van der Waals surface area (Å²) in [5, 5.41) is 17.0. The molecule has 1 heterocycles. The van der Waals surface area contributed by atoms with Crippen molar-refractivity contribution in [3.63, 3.8) is 0 Å². The van der Waals surface area contributed by atoms with Crippen LogP contribution in [0.15, 0.2) is 65.3 Å². The Labute approximate surface area is 316 Å². The van der Waals surface area contributed by atoms with Crippen molar-refractivity contribution >= 4 is 58.7 Å². The molecule has 14 heteroatoms. The first-order valence-corrected chi connectivity index (χ1v) is 18.8. The van der Waals surface area contributed by atoms with Gasteiger partial charge in [-0.2, -0.15) is 0 Å². The van der Waals surface area contributed by atoms with E-state index in [-0.39, 0.29) is 47.5 Å². The number of amidine groups is 1. The average Bonchev–Trinajstić information content (AvgIpc) is 3.44. The number of aliphatic imine (C=N–C) groups is 1. The van der Waals surface area contributed by atoms with Crippen LogP contribution in [0.3, 0.4) is 0 Å². The Hall–Kier alpha value is -4.59. The summed E-state index contributed by atoms with van der Waals surface area (Å²) in [6.45, 7) is 2.33. The van der Waals surface area contributed by atoms with E-state index in [0.29, 0.717) is 70.1 Å². The molecule has 2 aliphatic rings. The minimum atomic E-state index is -0.471. The molecule has 2 aromatic carbocycles. The Morgan fingerprint density at radius 1 is 0.925 bits per heavy atom. The minimum absolute atomic E-state index is 0.00873. The maximum absolute atomic E-state index is 13.6. The SMILES string of the molecule is CN(C)c1ccc(/C=C2N=C(/C=C/c3ccc([N+](=O)[O-])cc3)N(CC(=O)NC3CCC(C(=O)NCCOCCOCCCCCCCl)CC3)C/2=O)cc1. The van der Waals surface area contributed by atoms with E-state index >= 15 is 0 Å². The van der Waals surface area contributed by atoms with E-state index in [1.54, 1.807) is 30.4 Å². The number of anilines is 1. The molecule has 286 valence electrons. The zero-order valence-corrected chi connectivity index (χ0v) is 31.4. The summed E-state index contributed by atoms with van der Waals surface area (Å²) in [7, 11) is 3.89. The van der Waals surface area contributed by atoms with Gasteiger partial charge in [0.2, 0.25) is 11.8 Å². The predicted octanol–water partition coefficient (Wildman–Crippen LogP) is 5.58. The second kappa shape index (κ2) is 21.8. The van der Waals surface area contributed by atoms with Crippen LogP contribution in [0.1, 0.15) is 62.5 Å². The first-order valence-electron chi connectivity index (χ1n) is 18.2. The van der Waals surface area contributed by atoms with Gasteiger partial charge in [-0.1, -0.05) is 31.1 Å². The fraction of sp³-hybridized carbons (Fsp3) is 0.487. The molecule has 0 aromatic heterocycles. The molecular weight excluding hydrogens is 700 g/mol. The van der Waals surface area contributed by atoms with Gasteiger partial charge in [-0.15, -0.1) is 11.6 Å². The smallest absolute Gasteiger partial charge is 0.278 e. The Morgan fingerprint density at radius 3 is 2.25 bits per heavy atom. The van der Waals surface area contributed by atoms with Crippen LogP contribution >= 0.6 is 11.6 Å². The highest BCUT2D eigenvalue weighted by molar-refractivity contribution is 6.19. The molecule has 0 radical (unpaired) electrons. The zero-order valence-electron chi connectivity index (χ0n) is 30.6. The van der Waals surface area contributed by atoms with Gasteiger partial charge < -0.3 is 25.0 Å². The molecule has 0 unspecified atom stereocenters. The summed E-state index contributed by atoms with van der Waals surface area (Å²) < 4.78 is 11.1. The standard InChI is InChI=1S/C39H51ClN6O7/c1-44(2)33-16-9-30(10-17-33)27-35-39(49)45(36(43-35)20-11-29-7-18-34(19-8-29)46(50)51)28-37(47)42-32-14-12-31(13-15-32)38(48)41-22-24-53-26-25-52-23-6-4-3-5-21-40/h7-11,16-20,27,31-32H,3-6,12-15,21-26,28H2,1-2H3,(H,41,48)(H,42,47)/b20-11+,35-27+. The number of nitrogens with zero attached hydrogens (tertiary/aromatic N) is 4. The van der Waals surface area contributed by atoms with Crippen molar-refractivity contribution in [1.29, 1.82) is 0 Å². The van der Waals surface area contributed by atoms with E-state index in [1.165, 1.54) is 17.0 Å². The van der Waals surface area contributed by atoms with Crippen molar-refractivity contribution in [2.45, 2.75) is 57.4 Å². The number of hydrogen-bond acceptors (Lipinski definition) is 9. The lowest BCUT2D eigenvalue weighted by Gasteiger charge is -2.29. The highest BCUT2D eigenvalue weighted by Gasteiger charge is 2.32. The highest BCUT2D eigenvalue weighted by atomic mass is 35.5. The maximum atomic E-state index is 13.6. The number of hydrogen-bond donors (Lipinski definition) is 2. The molecule has 0 spiro atoms. The Bertz CT molecular complexity index is 1600. The van der Waals surface area contributed by atoms with Gasteiger partial charge in [0.1, 0.15) is 18.1 Å². The third-order valence-electron chi connectivity index (χ3n) is 9.07. The van der Waals surface area contributed by atoms with Gasteiger partial charge in [-0.3, -0.25) is 29.4 Å². The Balaban J connectivity index is 1.24. The van der Waals surface area contributed by atoms with E-state index in [9.17, 15) is 24.5 Å². The van der Waals surface area contributed by atoms with Gasteiger partial charge >= 0.3 is 0 Å². The van der Waals surface area contributed by atoms with Crippen LogP contribution in [0.2, 0.25) is 0 Å². The zero-order chi connectivity index (χ0) is 38.0. The minimum Gasteiger partial charge on any atom is -0.379 e. The normalized spacial score (nSPS) is 18.0. The fourth-order valence-electron chi connectivity index (χ4n) is 6.03. The number of nitro benzene ring substituents is 1. The first-order chi connectivity index (χ1) is 25.6. The molecule has 4 rings (SSSR count). The topological polar surface area (TPSA) is 156 Å². The summed E-state index contributed by atoms with van der Waals surface area (Å²) in [5.74, 6) is 0.109. The number of alkyl halides is 1. The summed E-state index contributed by atoms with van der Waals surface area (Å²) in [4.78, 5) is 58.0. The highest BCUT2D eigenvalue weighted by Crippen LogP contribution is 2.25. The number of benzene rings is 2. The van der Waals surface area contributed by atoms with E-state index < -0.39 is 10.8 Å². The van der Waals surface area contributed by atoms with Crippen LogP contribution in [0.25, 0.3) is 12.2 Å². The molecular formula is C39H51ClN6O7. The molecule has 1 aliphatic heterocycles. The van der Waals surface area contributed by atoms with Crippen molar-refractivity contribution in [2.24, 2.45) is 10.9 Å². The van der Waals surface area contributed by atoms with Crippen LogP contribution in [-0.4, -0.2) is 98.9 Å². The molecule has 53 heavy (non-hydrogen) atoms. The summed E-state index contributed by atoms with van der Waals surface area (Å²) in [6, 6.07) is 13.5. The van der Waals surface area contributed by atoms with Crippen molar-refractivity contribution < 1.29 is 28.8 Å². The number of nitrogens with one attached hydrogen (secondary N) is 2. The maximum Gasteiger partial charge on any atom is 0.278 e. The van der Waals surface area contributed by atoms with E-state index in [1.807, 2.05) is 43.3 Å². The van der Waals surface area contributed by atoms with Crippen molar-refractivity contribution in [3.05, 3.63) is 81.5 Å². The van der Waals surface area contributed by atoms with Crippen LogP contribution in [0.5, 0.6) is 0 Å². The largest absolute Gasteiger partial charge is 0.379 e. The van der Waals surface area contributed by atoms with Crippen LogP contribution in [0, 0.1) is 16.0 Å². The van der Waals surface area contributed by atoms with Gasteiger partial charge in [0.05, 0.1) is 24.7 Å². The quantitative estimate of drug-likeness (QED) is 0.0551. The number of ether oxygens (including phenoxy) is 2. The van der Waals surface area contributed by atoms with E-state index in [0.717, 1.165) is 36.9 Å². The molecule has 0 saturated heterocycles. The fourth-order valence-corrected chi connectivity index (χ4v) is 6.22. The van der Waals surface area contributed by atoms with Gasteiger partial charge in [-0.05, 0) is 86.1 Å². The van der Waals surface area contributed by atoms with Crippen LogP contribution < -0.4 is 15.5 Å². The van der Waals surface area contributed by atoms with Crippen molar-refractivity contribution in [2.75, 3.05) is 64.4 Å². The van der Waals surface area contributed by atoms with Gasteiger partial charge in [0.25, 0.3) is 11.6 Å². The lowest BCUT2D eigenvalue weighted by Crippen LogP contribution is -2.46. The molecule has 1 fully saturated rings. The van der Waals surface area contributed by atoms with Crippen LogP contribution in [-0.2, 0) is 23.9 Å². The van der Waals surface area contributed by atoms with Crippen molar-refractivity contribution in [1.82, 2.24) is 15.5 Å². The molecule has 13 nitrogen and oxygen atoms in total. The molecule has 2 N–H and O–H groups in total. The van der Waals surface area contributed by atoms with Crippen molar-refractivity contribution in [3.8, 4) is 0 Å². The number of amides is 3.